The number of aryl methyl sites for hydroxylation is 1. The second kappa shape index (κ2) is 8.29. The van der Waals surface area contributed by atoms with Crippen LogP contribution in [0, 0.1) is 12.8 Å². The molecule has 3 N–H and O–H groups in total. The fourth-order valence-electron chi connectivity index (χ4n) is 1.95. The molecule has 0 aliphatic rings. The third-order valence-corrected chi connectivity index (χ3v) is 5.85. The van der Waals surface area contributed by atoms with E-state index in [4.69, 9.17) is 9.88 Å². The summed E-state index contributed by atoms with van der Waals surface area (Å²) in [7, 11) is -3.34. The molecule has 0 aromatic carbocycles. The number of nitrogens with two attached hydrogens (primary N) is 1. The fraction of sp³-hybridized carbons (Fsp3) is 0.625. The summed E-state index contributed by atoms with van der Waals surface area (Å²) < 4.78 is 21.8. The van der Waals surface area contributed by atoms with Crippen LogP contribution in [0.5, 0.6) is 0 Å². The van der Waals surface area contributed by atoms with E-state index < -0.39 is 33.6 Å². The monoisotopic (exact) mass is 389 g/mol. The molecule has 0 fully saturated rings. The number of thiophene rings is 1. The maximum Gasteiger partial charge on any atom is 0.408 e. The summed E-state index contributed by atoms with van der Waals surface area (Å²) >= 11 is 1.23. The maximum atomic E-state index is 12.6. The molecule has 0 spiro atoms. The molecule has 0 radical (unpaired) electrons. The maximum absolute atomic E-state index is 12.6. The van der Waals surface area contributed by atoms with Gasteiger partial charge in [-0.25, -0.2) is 14.1 Å². The quantitative estimate of drug-likeness (QED) is 0.805. The van der Waals surface area contributed by atoms with Crippen LogP contribution in [0.25, 0.3) is 0 Å². The number of hydrogen-bond acceptors (Lipinski definition) is 5. The predicted molar refractivity (Wildman–Crippen MR) is 99.7 cm³/mol. The van der Waals surface area contributed by atoms with E-state index in [0.29, 0.717) is 10.6 Å². The van der Waals surface area contributed by atoms with Crippen molar-refractivity contribution in [3.05, 3.63) is 17.0 Å². The van der Waals surface area contributed by atoms with Crippen molar-refractivity contribution >= 4 is 33.3 Å². The van der Waals surface area contributed by atoms with Gasteiger partial charge in [0, 0.05) is 4.88 Å². The van der Waals surface area contributed by atoms with E-state index in [2.05, 4.69) is 9.68 Å². The van der Waals surface area contributed by atoms with Gasteiger partial charge >= 0.3 is 6.09 Å². The molecule has 0 aliphatic carbocycles. The average Bonchev–Trinajstić information content (AvgIpc) is 2.82. The Kier molecular flexibility index (Phi) is 7.16. The largest absolute Gasteiger partial charge is 0.444 e. The van der Waals surface area contributed by atoms with Crippen LogP contribution in [0.4, 0.5) is 4.79 Å². The van der Waals surface area contributed by atoms with Gasteiger partial charge in [-0.3, -0.25) is 4.79 Å². The number of nitrogens with one attached hydrogen (secondary N) is 1. The first-order valence-corrected chi connectivity index (χ1v) is 10.3. The molecule has 0 saturated carbocycles. The Morgan fingerprint density at radius 2 is 1.96 bits per heavy atom. The lowest BCUT2D eigenvalue weighted by Gasteiger charge is -2.23. The summed E-state index contributed by atoms with van der Waals surface area (Å²) in [5.74, 6) is -0.616. The van der Waals surface area contributed by atoms with E-state index in [9.17, 15) is 13.8 Å². The van der Waals surface area contributed by atoms with Gasteiger partial charge in [-0.15, -0.1) is 15.7 Å². The van der Waals surface area contributed by atoms with Gasteiger partial charge in [0.15, 0.2) is 9.92 Å². The Hall–Kier alpha value is -1.45. The highest BCUT2D eigenvalue weighted by Crippen LogP contribution is 2.21. The minimum absolute atomic E-state index is 0.108. The normalized spacial score (nSPS) is 15.4. The van der Waals surface area contributed by atoms with Crippen LogP contribution in [0.2, 0.25) is 0 Å². The highest BCUT2D eigenvalue weighted by Gasteiger charge is 2.26. The number of hydrogen-bond donors (Lipinski definition) is 2. The molecule has 142 valence electrons. The first kappa shape index (κ1) is 21.6. The predicted octanol–water partition coefficient (Wildman–Crippen LogP) is 3.22. The number of ether oxygens (including phenoxy) is 1. The summed E-state index contributed by atoms with van der Waals surface area (Å²) in [6.45, 7) is 10.8. The molecular weight excluding hydrogens is 362 g/mol. The molecule has 2 atom stereocenters. The van der Waals surface area contributed by atoms with Crippen LogP contribution in [-0.4, -0.2) is 27.9 Å². The molecular formula is C16H27N3O4S2. The molecule has 1 rings (SSSR count). The topological polar surface area (TPSA) is 111 Å². The van der Waals surface area contributed by atoms with Crippen molar-refractivity contribution < 1.29 is 18.5 Å². The van der Waals surface area contributed by atoms with Crippen LogP contribution >= 0.6 is 11.3 Å². The van der Waals surface area contributed by atoms with Gasteiger partial charge in [0.25, 0.3) is 5.91 Å². The number of carbonyl (C=O) groups excluding carboxylic acids is 2. The lowest BCUT2D eigenvalue weighted by molar-refractivity contribution is -0.120. The first-order valence-electron chi connectivity index (χ1n) is 7.95. The Balaban J connectivity index is 3.02. The van der Waals surface area contributed by atoms with Gasteiger partial charge in [0.1, 0.15) is 15.9 Å². The van der Waals surface area contributed by atoms with Gasteiger partial charge in [-0.1, -0.05) is 13.8 Å². The fourth-order valence-corrected chi connectivity index (χ4v) is 4.28. The third kappa shape index (κ3) is 7.54. The SMILES string of the molecule is Cc1ccc(S(N)(=O)=NC(=O)[C@H](CC(C)C)NC(=O)OC(C)(C)C)s1. The number of rotatable bonds is 5. The van der Waals surface area contributed by atoms with E-state index in [0.717, 1.165) is 4.88 Å². The van der Waals surface area contributed by atoms with Gasteiger partial charge in [-0.05, 0) is 52.2 Å². The summed E-state index contributed by atoms with van der Waals surface area (Å²) in [6.07, 6.45) is -0.391. The molecule has 0 saturated heterocycles. The number of nitrogens with zero attached hydrogens (tertiary/aromatic N) is 1. The smallest absolute Gasteiger partial charge is 0.408 e. The molecule has 1 unspecified atom stereocenters. The average molecular weight is 390 g/mol. The minimum Gasteiger partial charge on any atom is -0.444 e. The molecule has 1 heterocycles. The molecule has 7 nitrogen and oxygen atoms in total. The van der Waals surface area contributed by atoms with E-state index in [-0.39, 0.29) is 5.92 Å². The summed E-state index contributed by atoms with van der Waals surface area (Å²) in [5.41, 5.74) is -0.692. The molecule has 2 amide bonds. The lowest BCUT2D eigenvalue weighted by atomic mass is 10.0. The molecule has 9 heteroatoms. The minimum atomic E-state index is -3.34. The molecule has 25 heavy (non-hydrogen) atoms. The molecule has 0 bridgehead atoms. The zero-order valence-electron chi connectivity index (χ0n) is 15.5. The Bertz CT molecular complexity index is 741. The van der Waals surface area contributed by atoms with Crippen LogP contribution in [-0.2, 0) is 19.4 Å². The van der Waals surface area contributed by atoms with Crippen molar-refractivity contribution in [2.45, 2.75) is 63.8 Å². The van der Waals surface area contributed by atoms with Crippen LogP contribution in [0.15, 0.2) is 20.7 Å². The van der Waals surface area contributed by atoms with Crippen LogP contribution in [0.1, 0.15) is 45.9 Å². The first-order chi connectivity index (χ1) is 11.3. The van der Waals surface area contributed by atoms with Gasteiger partial charge < -0.3 is 10.1 Å². The number of alkyl carbamates (subject to hydrolysis) is 1. The van der Waals surface area contributed by atoms with Crippen molar-refractivity contribution in [1.29, 1.82) is 0 Å². The van der Waals surface area contributed by atoms with E-state index >= 15 is 0 Å². The summed E-state index contributed by atoms with van der Waals surface area (Å²) in [5, 5.41) is 8.26. The van der Waals surface area contributed by atoms with Crippen molar-refractivity contribution in [3.63, 3.8) is 0 Å². The molecule has 1 aromatic rings. The van der Waals surface area contributed by atoms with Crippen molar-refractivity contribution in [2.24, 2.45) is 15.4 Å². The van der Waals surface area contributed by atoms with Crippen molar-refractivity contribution in [3.8, 4) is 0 Å². The zero-order chi connectivity index (χ0) is 19.4. The second-order valence-electron chi connectivity index (χ2n) is 7.19. The summed E-state index contributed by atoms with van der Waals surface area (Å²) in [6, 6.07) is 2.41. The van der Waals surface area contributed by atoms with E-state index in [1.807, 2.05) is 20.8 Å². The highest BCUT2D eigenvalue weighted by molar-refractivity contribution is 7.93. The van der Waals surface area contributed by atoms with Crippen molar-refractivity contribution in [1.82, 2.24) is 5.32 Å². The van der Waals surface area contributed by atoms with Gasteiger partial charge in [0.05, 0.1) is 0 Å². The Morgan fingerprint density at radius 1 is 1.36 bits per heavy atom. The second-order valence-corrected chi connectivity index (χ2v) is 10.5. The van der Waals surface area contributed by atoms with Crippen LogP contribution < -0.4 is 10.5 Å². The summed E-state index contributed by atoms with van der Waals surface area (Å²) in [4.78, 5) is 25.4. The highest BCUT2D eigenvalue weighted by atomic mass is 32.2. The number of carbonyl (C=O) groups is 2. The van der Waals surface area contributed by atoms with Gasteiger partial charge in [0.2, 0.25) is 0 Å². The zero-order valence-corrected chi connectivity index (χ0v) is 17.1. The van der Waals surface area contributed by atoms with E-state index in [1.54, 1.807) is 32.9 Å². The molecule has 0 aliphatic heterocycles. The van der Waals surface area contributed by atoms with Gasteiger partial charge in [-0.2, -0.15) is 0 Å². The lowest BCUT2D eigenvalue weighted by Crippen LogP contribution is -2.44. The number of amides is 2. The Labute approximate surface area is 153 Å². The third-order valence-electron chi connectivity index (χ3n) is 2.93. The van der Waals surface area contributed by atoms with Crippen molar-refractivity contribution in [2.75, 3.05) is 0 Å². The molecule has 1 aromatic heterocycles. The standard InChI is InChI=1S/C16H27N3O4S2/c1-10(2)9-12(18-15(21)23-16(4,5)6)14(20)19-25(17,22)13-8-7-11(3)24-13/h7-8,10,12H,9H2,1-6H3,(H,18,21)(H2,17,19,20,22)/t12-,25?/m0/s1. The Morgan fingerprint density at radius 3 is 2.40 bits per heavy atom. The van der Waals surface area contributed by atoms with Crippen LogP contribution in [0.3, 0.4) is 0 Å². The van der Waals surface area contributed by atoms with E-state index in [1.165, 1.54) is 11.3 Å².